The van der Waals surface area contributed by atoms with Gasteiger partial charge in [0.2, 0.25) is 0 Å². The number of likely N-dealkylation sites (tertiary alicyclic amines) is 1. The van der Waals surface area contributed by atoms with E-state index in [9.17, 15) is 4.79 Å². The molecular formula is C15H22N2O2. The maximum absolute atomic E-state index is 12.7. The molecule has 1 fully saturated rings. The van der Waals surface area contributed by atoms with Crippen LogP contribution in [0.2, 0.25) is 0 Å². The Morgan fingerprint density at radius 1 is 1.32 bits per heavy atom. The second-order valence-corrected chi connectivity index (χ2v) is 5.26. The number of nitrogens with zero attached hydrogens (tertiary/aromatic N) is 1. The first-order valence-corrected chi connectivity index (χ1v) is 6.81. The molecule has 104 valence electrons. The average Bonchev–Trinajstić information content (AvgIpc) is 2.38. The predicted molar refractivity (Wildman–Crippen MR) is 76.4 cm³/mol. The van der Waals surface area contributed by atoms with Gasteiger partial charge in [0, 0.05) is 12.1 Å². The fourth-order valence-electron chi connectivity index (χ4n) is 2.87. The van der Waals surface area contributed by atoms with Crippen molar-refractivity contribution in [3.05, 3.63) is 23.8 Å². The average molecular weight is 262 g/mol. The number of para-hydroxylation sites is 1. The normalized spacial score (nSPS) is 23.2. The number of carbonyl (C=O) groups excluding carboxylic acids is 1. The molecule has 4 heteroatoms. The van der Waals surface area contributed by atoms with Crippen molar-refractivity contribution in [2.45, 2.75) is 45.2 Å². The number of methoxy groups -OCH3 is 1. The zero-order chi connectivity index (χ0) is 14.0. The van der Waals surface area contributed by atoms with E-state index in [-0.39, 0.29) is 18.0 Å². The smallest absolute Gasteiger partial charge is 0.256 e. The molecule has 0 bridgehead atoms. The van der Waals surface area contributed by atoms with Crippen LogP contribution in [0.15, 0.2) is 18.2 Å². The third kappa shape index (κ3) is 2.53. The number of piperidine rings is 1. The molecule has 2 rings (SSSR count). The highest BCUT2D eigenvalue weighted by atomic mass is 16.5. The van der Waals surface area contributed by atoms with Crippen LogP contribution in [0.25, 0.3) is 0 Å². The number of rotatable bonds is 2. The van der Waals surface area contributed by atoms with Crippen LogP contribution >= 0.6 is 0 Å². The molecular weight excluding hydrogens is 240 g/mol. The van der Waals surface area contributed by atoms with Gasteiger partial charge in [0.25, 0.3) is 5.91 Å². The Balaban J connectivity index is 2.33. The lowest BCUT2D eigenvalue weighted by Gasteiger charge is -2.39. The fraction of sp³-hybridized carbons (Fsp3) is 0.533. The van der Waals surface area contributed by atoms with E-state index >= 15 is 0 Å². The summed E-state index contributed by atoms with van der Waals surface area (Å²) in [7, 11) is 1.56. The fourth-order valence-corrected chi connectivity index (χ4v) is 2.87. The molecule has 0 aliphatic carbocycles. The van der Waals surface area contributed by atoms with Crippen molar-refractivity contribution in [3.8, 4) is 5.75 Å². The maximum atomic E-state index is 12.7. The molecule has 2 unspecified atom stereocenters. The number of hydrogen-bond donors (Lipinski definition) is 1. The van der Waals surface area contributed by atoms with Crippen LogP contribution in [0.1, 0.15) is 43.5 Å². The third-order valence-corrected chi connectivity index (χ3v) is 3.94. The van der Waals surface area contributed by atoms with Crippen molar-refractivity contribution >= 4 is 11.6 Å². The Kier molecular flexibility index (Phi) is 3.98. The van der Waals surface area contributed by atoms with E-state index in [1.54, 1.807) is 19.2 Å². The van der Waals surface area contributed by atoms with Crippen molar-refractivity contribution in [1.82, 2.24) is 4.90 Å². The molecule has 4 nitrogen and oxygen atoms in total. The van der Waals surface area contributed by atoms with Crippen LogP contribution in [0, 0.1) is 0 Å². The summed E-state index contributed by atoms with van der Waals surface area (Å²) in [6.45, 7) is 4.20. The van der Waals surface area contributed by atoms with Gasteiger partial charge in [-0.15, -0.1) is 0 Å². The molecule has 1 aromatic rings. The highest BCUT2D eigenvalue weighted by Gasteiger charge is 2.30. The minimum atomic E-state index is 0.0103. The molecule has 0 radical (unpaired) electrons. The summed E-state index contributed by atoms with van der Waals surface area (Å²) in [4.78, 5) is 14.7. The summed E-state index contributed by atoms with van der Waals surface area (Å²) in [6, 6.07) is 5.88. The van der Waals surface area contributed by atoms with Crippen molar-refractivity contribution in [3.63, 3.8) is 0 Å². The van der Waals surface area contributed by atoms with Crippen LogP contribution in [0.3, 0.4) is 0 Å². The summed E-state index contributed by atoms with van der Waals surface area (Å²) in [5.74, 6) is 0.569. The lowest BCUT2D eigenvalue weighted by molar-refractivity contribution is 0.0511. The topological polar surface area (TPSA) is 55.6 Å². The summed E-state index contributed by atoms with van der Waals surface area (Å²) in [6.07, 6.45) is 3.29. The summed E-state index contributed by atoms with van der Waals surface area (Å²) in [5.41, 5.74) is 6.99. The lowest BCUT2D eigenvalue weighted by Crippen LogP contribution is -2.47. The second-order valence-electron chi connectivity index (χ2n) is 5.26. The third-order valence-electron chi connectivity index (χ3n) is 3.94. The number of amides is 1. The molecule has 1 saturated heterocycles. The molecule has 0 saturated carbocycles. The van der Waals surface area contributed by atoms with Crippen LogP contribution in [0.5, 0.6) is 5.75 Å². The summed E-state index contributed by atoms with van der Waals surface area (Å²) >= 11 is 0. The minimum absolute atomic E-state index is 0.0103. The standard InChI is InChI=1S/C15H22N2O2/c1-10-6-4-7-11(2)17(10)15(18)12-8-5-9-13(19-3)14(12)16/h5,8-11H,4,6-7,16H2,1-3H3. The van der Waals surface area contributed by atoms with Crippen molar-refractivity contribution < 1.29 is 9.53 Å². The molecule has 2 N–H and O–H groups in total. The maximum Gasteiger partial charge on any atom is 0.256 e. The molecule has 0 aromatic heterocycles. The molecule has 1 aliphatic rings. The number of carbonyl (C=O) groups is 1. The molecule has 1 aromatic carbocycles. The van der Waals surface area contributed by atoms with Crippen LogP contribution < -0.4 is 10.5 Å². The van der Waals surface area contributed by atoms with E-state index in [1.807, 2.05) is 11.0 Å². The quantitative estimate of drug-likeness (QED) is 0.834. The monoisotopic (exact) mass is 262 g/mol. The van der Waals surface area contributed by atoms with Crippen LogP contribution in [-0.2, 0) is 0 Å². The molecule has 1 heterocycles. The Bertz CT molecular complexity index is 463. The largest absolute Gasteiger partial charge is 0.495 e. The van der Waals surface area contributed by atoms with Gasteiger partial charge in [-0.25, -0.2) is 0 Å². The lowest BCUT2D eigenvalue weighted by atomic mass is 9.96. The minimum Gasteiger partial charge on any atom is -0.495 e. The number of hydrogen-bond acceptors (Lipinski definition) is 3. The first-order valence-electron chi connectivity index (χ1n) is 6.81. The van der Waals surface area contributed by atoms with Crippen molar-refractivity contribution in [2.75, 3.05) is 12.8 Å². The van der Waals surface area contributed by atoms with Gasteiger partial charge in [0.1, 0.15) is 5.75 Å². The Hall–Kier alpha value is -1.71. The molecule has 19 heavy (non-hydrogen) atoms. The van der Waals surface area contributed by atoms with Gasteiger partial charge in [0.05, 0.1) is 18.4 Å². The highest BCUT2D eigenvalue weighted by Crippen LogP contribution is 2.30. The van der Waals surface area contributed by atoms with Gasteiger partial charge < -0.3 is 15.4 Å². The number of benzene rings is 1. The van der Waals surface area contributed by atoms with Gasteiger partial charge in [0.15, 0.2) is 0 Å². The van der Waals surface area contributed by atoms with E-state index in [0.29, 0.717) is 17.0 Å². The predicted octanol–water partition coefficient (Wildman–Crippen LogP) is 2.68. The van der Waals surface area contributed by atoms with Crippen LogP contribution in [-0.4, -0.2) is 30.0 Å². The summed E-state index contributed by atoms with van der Waals surface area (Å²) < 4.78 is 5.18. The van der Waals surface area contributed by atoms with Gasteiger partial charge in [-0.3, -0.25) is 4.79 Å². The van der Waals surface area contributed by atoms with E-state index in [1.165, 1.54) is 6.42 Å². The summed E-state index contributed by atoms with van der Waals surface area (Å²) in [5, 5.41) is 0. The SMILES string of the molecule is COc1cccc(C(=O)N2C(C)CCCC2C)c1N. The molecule has 1 amide bonds. The zero-order valence-electron chi connectivity index (χ0n) is 11.8. The first kappa shape index (κ1) is 13.7. The molecule has 2 atom stereocenters. The van der Waals surface area contributed by atoms with Gasteiger partial charge in [-0.2, -0.15) is 0 Å². The Labute approximate surface area is 114 Å². The molecule has 0 spiro atoms. The number of ether oxygens (including phenoxy) is 1. The van der Waals surface area contributed by atoms with E-state index in [2.05, 4.69) is 13.8 Å². The first-order chi connectivity index (χ1) is 9.06. The van der Waals surface area contributed by atoms with E-state index in [0.717, 1.165) is 12.8 Å². The number of nitrogens with two attached hydrogens (primary N) is 1. The van der Waals surface area contributed by atoms with Gasteiger partial charge in [-0.1, -0.05) is 6.07 Å². The highest BCUT2D eigenvalue weighted by molar-refractivity contribution is 6.00. The number of anilines is 1. The number of nitrogen functional groups attached to an aromatic ring is 1. The second kappa shape index (κ2) is 5.51. The van der Waals surface area contributed by atoms with Crippen molar-refractivity contribution in [1.29, 1.82) is 0 Å². The van der Waals surface area contributed by atoms with Crippen LogP contribution in [0.4, 0.5) is 5.69 Å². The Morgan fingerprint density at radius 2 is 1.95 bits per heavy atom. The van der Waals surface area contributed by atoms with Gasteiger partial charge >= 0.3 is 0 Å². The van der Waals surface area contributed by atoms with Gasteiger partial charge in [-0.05, 0) is 45.2 Å². The van der Waals surface area contributed by atoms with E-state index in [4.69, 9.17) is 10.5 Å². The molecule has 1 aliphatic heterocycles. The van der Waals surface area contributed by atoms with E-state index < -0.39 is 0 Å². The Morgan fingerprint density at radius 3 is 2.53 bits per heavy atom. The zero-order valence-corrected chi connectivity index (χ0v) is 11.8. The van der Waals surface area contributed by atoms with Crippen molar-refractivity contribution in [2.24, 2.45) is 0 Å².